The van der Waals surface area contributed by atoms with E-state index in [0.717, 1.165) is 0 Å². The Morgan fingerprint density at radius 2 is 1.93 bits per heavy atom. The normalized spacial score (nSPS) is 28.9. The summed E-state index contributed by atoms with van der Waals surface area (Å²) in [4.78, 5) is 30.6. The van der Waals surface area contributed by atoms with E-state index in [1.807, 2.05) is 0 Å². The summed E-state index contributed by atoms with van der Waals surface area (Å²) in [5.41, 5.74) is 0. The van der Waals surface area contributed by atoms with Crippen molar-refractivity contribution in [3.05, 3.63) is 0 Å². The maximum Gasteiger partial charge on any atom is 0.351 e. The molecule has 0 heterocycles. The van der Waals surface area contributed by atoms with Crippen molar-refractivity contribution in [1.82, 2.24) is 0 Å². The molecule has 1 rings (SSSR count). The molecule has 1 saturated carbocycles. The number of carbonyl (C=O) groups excluding carboxylic acids is 1. The number of hydrogen-bond acceptors (Lipinski definition) is 5. The number of carboxylic acid groups (broad SMARTS) is 1. The molecule has 1 unspecified atom stereocenters. The maximum absolute atomic E-state index is 11.3. The van der Waals surface area contributed by atoms with E-state index in [0.29, 0.717) is 0 Å². The van der Waals surface area contributed by atoms with E-state index in [-0.39, 0.29) is 12.8 Å². The zero-order valence-electron chi connectivity index (χ0n) is 7.83. The van der Waals surface area contributed by atoms with Gasteiger partial charge in [0.1, 0.15) is 11.9 Å². The second kappa shape index (κ2) is 4.40. The minimum Gasteiger partial charge on any atom is -0.481 e. The second-order valence-electron chi connectivity index (χ2n) is 3.57. The van der Waals surface area contributed by atoms with Crippen LogP contribution in [0.25, 0.3) is 0 Å². The standard InChI is InChI=1S/C7H12NO6P/c8-14-15(12,13)3-6(9)4-1-5(2-4)7(10)11/h4-5H,1-3,8H2,(H,10,11)(H,12,13). The Bertz CT molecular complexity index is 323. The first-order valence-corrected chi connectivity index (χ1v) is 6.08. The minimum absolute atomic E-state index is 0.221. The van der Waals surface area contributed by atoms with Crippen LogP contribution >= 0.6 is 7.60 Å². The monoisotopic (exact) mass is 237 g/mol. The summed E-state index contributed by atoms with van der Waals surface area (Å²) in [5, 5.41) is 8.55. The van der Waals surface area contributed by atoms with E-state index in [4.69, 9.17) is 10.00 Å². The third kappa shape index (κ3) is 3.10. The number of rotatable bonds is 5. The molecular weight excluding hydrogens is 225 g/mol. The van der Waals surface area contributed by atoms with Gasteiger partial charge in [0.25, 0.3) is 0 Å². The predicted molar refractivity (Wildman–Crippen MR) is 48.8 cm³/mol. The highest BCUT2D eigenvalue weighted by Crippen LogP contribution is 2.43. The molecule has 0 aromatic heterocycles. The Hall–Kier alpha value is -0.750. The van der Waals surface area contributed by atoms with Crippen molar-refractivity contribution in [3.8, 4) is 0 Å². The molecule has 0 aliphatic heterocycles. The molecule has 0 aromatic carbocycles. The van der Waals surface area contributed by atoms with Crippen molar-refractivity contribution in [3.63, 3.8) is 0 Å². The van der Waals surface area contributed by atoms with Gasteiger partial charge in [-0.2, -0.15) is 0 Å². The number of ketones is 1. The quantitative estimate of drug-likeness (QED) is 0.444. The van der Waals surface area contributed by atoms with Gasteiger partial charge in [-0.25, -0.2) is 10.5 Å². The molecule has 0 radical (unpaired) electrons. The highest BCUT2D eigenvalue weighted by atomic mass is 31.2. The van der Waals surface area contributed by atoms with Gasteiger partial charge in [0.05, 0.1) is 5.92 Å². The van der Waals surface area contributed by atoms with Crippen LogP contribution in [0.5, 0.6) is 0 Å². The molecular formula is C7H12NO6P. The fourth-order valence-electron chi connectivity index (χ4n) is 1.45. The van der Waals surface area contributed by atoms with Gasteiger partial charge in [0, 0.05) is 5.92 Å². The molecule has 8 heteroatoms. The third-order valence-electron chi connectivity index (χ3n) is 2.46. The van der Waals surface area contributed by atoms with Crippen LogP contribution < -0.4 is 5.90 Å². The van der Waals surface area contributed by atoms with Crippen LogP contribution in [-0.2, 0) is 18.8 Å². The number of carbonyl (C=O) groups is 2. The Balaban J connectivity index is 2.39. The Morgan fingerprint density at radius 1 is 1.40 bits per heavy atom. The van der Waals surface area contributed by atoms with Gasteiger partial charge in [0.2, 0.25) is 0 Å². The summed E-state index contributed by atoms with van der Waals surface area (Å²) in [6.45, 7) is 0. The van der Waals surface area contributed by atoms with E-state index < -0.39 is 37.3 Å². The average Bonchev–Trinajstić information content (AvgIpc) is 1.99. The fourth-order valence-corrected chi connectivity index (χ4v) is 2.17. The van der Waals surface area contributed by atoms with Crippen molar-refractivity contribution >= 4 is 19.3 Å². The second-order valence-corrected chi connectivity index (χ2v) is 5.37. The molecule has 86 valence electrons. The topological polar surface area (TPSA) is 127 Å². The Kier molecular flexibility index (Phi) is 3.62. The maximum atomic E-state index is 11.3. The first kappa shape index (κ1) is 12.3. The first-order chi connectivity index (χ1) is 6.85. The van der Waals surface area contributed by atoms with Crippen LogP contribution in [0.4, 0.5) is 0 Å². The van der Waals surface area contributed by atoms with E-state index in [1.165, 1.54) is 0 Å². The van der Waals surface area contributed by atoms with Crippen LogP contribution in [0.2, 0.25) is 0 Å². The molecule has 0 aromatic rings. The number of Topliss-reactive ketones (excluding diaryl/α,β-unsaturated/α-hetero) is 1. The SMILES string of the molecule is NOP(=O)(O)CC(=O)C1CC(C(=O)O)C1. The van der Waals surface area contributed by atoms with Crippen molar-refractivity contribution < 1.29 is 28.8 Å². The van der Waals surface area contributed by atoms with Crippen LogP contribution in [0, 0.1) is 11.8 Å². The molecule has 0 spiro atoms. The smallest absolute Gasteiger partial charge is 0.351 e. The summed E-state index contributed by atoms with van der Waals surface area (Å²) in [5.74, 6) is 2.14. The molecule has 4 N–H and O–H groups in total. The highest BCUT2D eigenvalue weighted by molar-refractivity contribution is 7.53. The molecule has 0 amide bonds. The minimum atomic E-state index is -4.03. The van der Waals surface area contributed by atoms with Crippen molar-refractivity contribution in [2.75, 3.05) is 6.16 Å². The van der Waals surface area contributed by atoms with Gasteiger partial charge in [-0.1, -0.05) is 0 Å². The number of hydrogen-bond donors (Lipinski definition) is 3. The lowest BCUT2D eigenvalue weighted by Crippen LogP contribution is -2.36. The van der Waals surface area contributed by atoms with Crippen molar-refractivity contribution in [2.24, 2.45) is 17.7 Å². The molecule has 1 aliphatic carbocycles. The zero-order valence-corrected chi connectivity index (χ0v) is 8.72. The summed E-state index contributed by atoms with van der Waals surface area (Å²) in [7, 11) is -4.03. The van der Waals surface area contributed by atoms with Gasteiger partial charge in [-0.05, 0) is 12.8 Å². The molecule has 1 fully saturated rings. The molecule has 15 heavy (non-hydrogen) atoms. The number of carboxylic acids is 1. The molecule has 1 aliphatic rings. The van der Waals surface area contributed by atoms with Gasteiger partial charge in [-0.15, -0.1) is 0 Å². The Labute approximate surface area is 85.7 Å². The van der Waals surface area contributed by atoms with Crippen molar-refractivity contribution in [2.45, 2.75) is 12.8 Å². The van der Waals surface area contributed by atoms with Gasteiger partial charge in [-0.3, -0.25) is 14.2 Å². The first-order valence-electron chi connectivity index (χ1n) is 4.31. The lowest BCUT2D eigenvalue weighted by molar-refractivity contribution is -0.147. The van der Waals surface area contributed by atoms with Crippen molar-refractivity contribution in [1.29, 1.82) is 0 Å². The number of nitrogens with two attached hydrogens (primary N) is 1. The van der Waals surface area contributed by atoms with Crippen LogP contribution in [0.1, 0.15) is 12.8 Å². The average molecular weight is 237 g/mol. The third-order valence-corrected chi connectivity index (χ3v) is 3.50. The Morgan fingerprint density at radius 3 is 2.33 bits per heavy atom. The summed E-state index contributed by atoms with van der Waals surface area (Å²) in [6.07, 6.45) is -0.210. The largest absolute Gasteiger partial charge is 0.481 e. The zero-order chi connectivity index (χ0) is 11.6. The predicted octanol–water partition coefficient (Wildman–Crippen LogP) is -0.258. The molecule has 0 bridgehead atoms. The van der Waals surface area contributed by atoms with Gasteiger partial charge < -0.3 is 10.00 Å². The summed E-state index contributed by atoms with van der Waals surface area (Å²) < 4.78 is 14.7. The van der Waals surface area contributed by atoms with E-state index in [2.05, 4.69) is 10.5 Å². The lowest BCUT2D eigenvalue weighted by atomic mass is 9.73. The van der Waals surface area contributed by atoms with Gasteiger partial charge in [0.15, 0.2) is 0 Å². The molecule has 1 atom stereocenters. The van der Waals surface area contributed by atoms with E-state index in [1.54, 1.807) is 0 Å². The summed E-state index contributed by atoms with van der Waals surface area (Å²) >= 11 is 0. The molecule has 7 nitrogen and oxygen atoms in total. The van der Waals surface area contributed by atoms with E-state index >= 15 is 0 Å². The highest BCUT2D eigenvalue weighted by Gasteiger charge is 2.40. The van der Waals surface area contributed by atoms with Crippen LogP contribution in [-0.4, -0.2) is 27.9 Å². The van der Waals surface area contributed by atoms with E-state index in [9.17, 15) is 14.2 Å². The number of aliphatic carboxylic acids is 1. The van der Waals surface area contributed by atoms with Gasteiger partial charge >= 0.3 is 13.6 Å². The van der Waals surface area contributed by atoms with Crippen LogP contribution in [0.3, 0.4) is 0 Å². The molecule has 0 saturated heterocycles. The van der Waals surface area contributed by atoms with Crippen LogP contribution in [0.15, 0.2) is 0 Å². The fraction of sp³-hybridized carbons (Fsp3) is 0.714. The lowest BCUT2D eigenvalue weighted by Gasteiger charge is -2.31. The summed E-state index contributed by atoms with van der Waals surface area (Å²) in [6, 6.07) is 0.